The van der Waals surface area contributed by atoms with Gasteiger partial charge in [0.25, 0.3) is 0 Å². The van der Waals surface area contributed by atoms with E-state index in [9.17, 15) is 4.79 Å². The highest BCUT2D eigenvalue weighted by Gasteiger charge is 2.37. The van der Waals surface area contributed by atoms with Crippen molar-refractivity contribution in [3.63, 3.8) is 0 Å². The monoisotopic (exact) mass is 248 g/mol. The van der Waals surface area contributed by atoms with Crippen LogP contribution in [0.5, 0.6) is 0 Å². The Morgan fingerprint density at radius 1 is 1.50 bits per heavy atom. The van der Waals surface area contributed by atoms with E-state index in [0.29, 0.717) is 18.5 Å². The van der Waals surface area contributed by atoms with Crippen molar-refractivity contribution in [2.75, 3.05) is 7.05 Å². The normalized spacial score (nSPS) is 25.9. The number of furan rings is 1. The van der Waals surface area contributed by atoms with Gasteiger partial charge in [0.2, 0.25) is 0 Å². The number of nitrogens with zero attached hydrogens (tertiary/aromatic N) is 1. The van der Waals surface area contributed by atoms with Crippen LogP contribution < -0.4 is 5.32 Å². The molecule has 1 N–H and O–H groups in total. The second-order valence-electron chi connectivity index (χ2n) is 5.54. The lowest BCUT2D eigenvalue weighted by Gasteiger charge is -2.20. The zero-order valence-electron chi connectivity index (χ0n) is 11.0. The number of carbonyl (C=O) groups excluding carboxylic acids is 1. The van der Waals surface area contributed by atoms with Gasteiger partial charge in [0.15, 0.2) is 0 Å². The van der Waals surface area contributed by atoms with Crippen molar-refractivity contribution in [1.82, 2.24) is 10.2 Å². The maximum Gasteiger partial charge on any atom is 0.317 e. The fraction of sp³-hybridized carbons (Fsp3) is 0.643. The average Bonchev–Trinajstić information content (AvgIpc) is 3.28. The summed E-state index contributed by atoms with van der Waals surface area (Å²) in [7, 11) is 1.68. The van der Waals surface area contributed by atoms with E-state index < -0.39 is 0 Å². The summed E-state index contributed by atoms with van der Waals surface area (Å²) in [6.45, 7) is 2.83. The lowest BCUT2D eigenvalue weighted by atomic mass is 10.3. The summed E-state index contributed by atoms with van der Waals surface area (Å²) >= 11 is 0. The van der Waals surface area contributed by atoms with Gasteiger partial charge < -0.3 is 14.6 Å². The smallest absolute Gasteiger partial charge is 0.317 e. The summed E-state index contributed by atoms with van der Waals surface area (Å²) in [5.74, 6) is 3.35. The minimum absolute atomic E-state index is 0.00441. The van der Waals surface area contributed by atoms with Gasteiger partial charge in [-0.2, -0.15) is 0 Å². The third kappa shape index (κ3) is 2.24. The highest BCUT2D eigenvalue weighted by atomic mass is 16.3. The number of carbonyl (C=O) groups is 1. The standard InChI is InChI=1S/C14H20N2O2/c1-9-7-12(9)13-6-5-11(18-13)8-16(10-3-4-10)14(17)15-2/h5-6,9-10,12H,3-4,7-8H2,1-2H3,(H,15,17)/t9-,12-/m1/s1. The molecule has 2 fully saturated rings. The molecule has 0 aromatic carbocycles. The maximum absolute atomic E-state index is 11.8. The molecule has 98 valence electrons. The molecule has 0 bridgehead atoms. The van der Waals surface area contributed by atoms with Crippen molar-refractivity contribution in [2.45, 2.75) is 44.7 Å². The Morgan fingerprint density at radius 3 is 2.78 bits per heavy atom. The lowest BCUT2D eigenvalue weighted by Crippen LogP contribution is -2.38. The van der Waals surface area contributed by atoms with Crippen LogP contribution >= 0.6 is 0 Å². The molecule has 1 heterocycles. The van der Waals surface area contributed by atoms with E-state index in [1.165, 1.54) is 6.42 Å². The number of hydrogen-bond donors (Lipinski definition) is 1. The Hall–Kier alpha value is -1.45. The zero-order valence-corrected chi connectivity index (χ0v) is 11.0. The van der Waals surface area contributed by atoms with Gasteiger partial charge in [-0.1, -0.05) is 6.92 Å². The molecule has 0 aliphatic heterocycles. The van der Waals surface area contributed by atoms with Gasteiger partial charge >= 0.3 is 6.03 Å². The van der Waals surface area contributed by atoms with Gasteiger partial charge in [-0.25, -0.2) is 4.79 Å². The van der Waals surface area contributed by atoms with Crippen molar-refractivity contribution in [3.05, 3.63) is 23.7 Å². The highest BCUT2D eigenvalue weighted by molar-refractivity contribution is 5.74. The average molecular weight is 248 g/mol. The van der Waals surface area contributed by atoms with Crippen LogP contribution in [0.15, 0.2) is 16.5 Å². The molecule has 4 heteroatoms. The number of nitrogens with one attached hydrogen (secondary N) is 1. The molecule has 2 saturated carbocycles. The topological polar surface area (TPSA) is 45.5 Å². The SMILES string of the molecule is CNC(=O)N(Cc1ccc([C@@H]2C[C@H]2C)o1)C1CC1. The van der Waals surface area contributed by atoms with E-state index in [2.05, 4.69) is 18.3 Å². The number of urea groups is 1. The van der Waals surface area contributed by atoms with Crippen molar-refractivity contribution in [1.29, 1.82) is 0 Å². The summed E-state index contributed by atoms with van der Waals surface area (Å²) in [5.41, 5.74) is 0. The van der Waals surface area contributed by atoms with Crippen molar-refractivity contribution in [2.24, 2.45) is 5.92 Å². The summed E-state index contributed by atoms with van der Waals surface area (Å²) < 4.78 is 5.86. The fourth-order valence-corrected chi connectivity index (χ4v) is 2.46. The largest absolute Gasteiger partial charge is 0.464 e. The van der Waals surface area contributed by atoms with Crippen LogP contribution in [0.4, 0.5) is 4.79 Å². The first-order valence-corrected chi connectivity index (χ1v) is 6.76. The first-order chi connectivity index (χ1) is 8.69. The Morgan fingerprint density at radius 2 is 2.22 bits per heavy atom. The van der Waals surface area contributed by atoms with Crippen LogP contribution in [0.1, 0.15) is 43.6 Å². The molecule has 2 amide bonds. The molecule has 0 spiro atoms. The zero-order chi connectivity index (χ0) is 12.7. The molecule has 0 saturated heterocycles. The Kier molecular flexibility index (Phi) is 2.80. The lowest BCUT2D eigenvalue weighted by molar-refractivity contribution is 0.188. The van der Waals surface area contributed by atoms with Gasteiger partial charge in [-0.15, -0.1) is 0 Å². The minimum atomic E-state index is -0.00441. The molecule has 0 unspecified atom stereocenters. The Bertz CT molecular complexity index is 450. The predicted octanol–water partition coefficient (Wildman–Crippen LogP) is 2.71. The first-order valence-electron chi connectivity index (χ1n) is 6.76. The van der Waals surface area contributed by atoms with Crippen LogP contribution in [0, 0.1) is 5.92 Å². The Balaban J connectivity index is 1.66. The van der Waals surface area contributed by atoms with E-state index in [-0.39, 0.29) is 6.03 Å². The molecule has 2 atom stereocenters. The molecular formula is C14H20N2O2. The van der Waals surface area contributed by atoms with E-state index >= 15 is 0 Å². The summed E-state index contributed by atoms with van der Waals surface area (Å²) in [6.07, 6.45) is 3.45. The van der Waals surface area contributed by atoms with Crippen LogP contribution in [-0.4, -0.2) is 24.0 Å². The van der Waals surface area contributed by atoms with Gasteiger partial charge in [-0.3, -0.25) is 0 Å². The van der Waals surface area contributed by atoms with Crippen molar-refractivity contribution >= 4 is 6.03 Å². The van der Waals surface area contributed by atoms with E-state index in [0.717, 1.165) is 30.3 Å². The van der Waals surface area contributed by atoms with Gasteiger partial charge in [0.05, 0.1) is 6.54 Å². The molecule has 0 radical (unpaired) electrons. The van der Waals surface area contributed by atoms with E-state index in [1.54, 1.807) is 7.05 Å². The second-order valence-corrected chi connectivity index (χ2v) is 5.54. The van der Waals surface area contributed by atoms with Crippen molar-refractivity contribution in [3.8, 4) is 0 Å². The molecule has 2 aliphatic carbocycles. The third-order valence-electron chi connectivity index (χ3n) is 3.95. The maximum atomic E-state index is 11.8. The van der Waals surface area contributed by atoms with Crippen LogP contribution in [0.2, 0.25) is 0 Å². The molecule has 1 aromatic rings. The molecule has 2 aliphatic rings. The van der Waals surface area contributed by atoms with Gasteiger partial charge in [0.1, 0.15) is 11.5 Å². The third-order valence-corrected chi connectivity index (χ3v) is 3.95. The van der Waals surface area contributed by atoms with Gasteiger partial charge in [0, 0.05) is 19.0 Å². The first kappa shape index (κ1) is 11.6. The number of rotatable bonds is 4. The summed E-state index contributed by atoms with van der Waals surface area (Å²) in [5, 5.41) is 2.70. The number of amides is 2. The molecule has 4 nitrogen and oxygen atoms in total. The van der Waals surface area contributed by atoms with E-state index in [4.69, 9.17) is 4.42 Å². The minimum Gasteiger partial charge on any atom is -0.464 e. The second kappa shape index (κ2) is 4.34. The molecular weight excluding hydrogens is 228 g/mol. The Labute approximate surface area is 107 Å². The van der Waals surface area contributed by atoms with Crippen LogP contribution in [0.3, 0.4) is 0 Å². The molecule has 18 heavy (non-hydrogen) atoms. The molecule has 3 rings (SSSR count). The number of hydrogen-bond acceptors (Lipinski definition) is 2. The quantitative estimate of drug-likeness (QED) is 0.890. The summed E-state index contributed by atoms with van der Waals surface area (Å²) in [6, 6.07) is 4.48. The summed E-state index contributed by atoms with van der Waals surface area (Å²) in [4.78, 5) is 13.6. The van der Waals surface area contributed by atoms with Crippen molar-refractivity contribution < 1.29 is 9.21 Å². The fourth-order valence-electron chi connectivity index (χ4n) is 2.46. The molecule has 1 aromatic heterocycles. The predicted molar refractivity (Wildman–Crippen MR) is 68.3 cm³/mol. The van der Waals surface area contributed by atoms with E-state index in [1.807, 2.05) is 11.0 Å². The van der Waals surface area contributed by atoms with Gasteiger partial charge in [-0.05, 0) is 37.3 Å². The highest BCUT2D eigenvalue weighted by Crippen LogP contribution is 2.47. The van der Waals surface area contributed by atoms with Crippen LogP contribution in [-0.2, 0) is 6.54 Å². The van der Waals surface area contributed by atoms with Crippen LogP contribution in [0.25, 0.3) is 0 Å².